The molecular formula is C13H8N4O4. The van der Waals surface area contributed by atoms with E-state index in [9.17, 15) is 14.9 Å². The Labute approximate surface area is 117 Å². The Morgan fingerprint density at radius 3 is 2.81 bits per heavy atom. The van der Waals surface area contributed by atoms with Gasteiger partial charge >= 0.3 is 5.88 Å². The van der Waals surface area contributed by atoms with Gasteiger partial charge in [-0.05, 0) is 12.1 Å². The first-order valence-electron chi connectivity index (χ1n) is 5.91. The second-order valence-electron chi connectivity index (χ2n) is 4.13. The van der Waals surface area contributed by atoms with Crippen molar-refractivity contribution in [2.75, 3.05) is 5.32 Å². The van der Waals surface area contributed by atoms with E-state index in [-0.39, 0.29) is 23.3 Å². The average Bonchev–Trinajstić information content (AvgIpc) is 3.04. The van der Waals surface area contributed by atoms with Gasteiger partial charge in [-0.15, -0.1) is 5.10 Å². The summed E-state index contributed by atoms with van der Waals surface area (Å²) in [5.74, 6) is -0.551. The molecule has 1 aliphatic heterocycles. The van der Waals surface area contributed by atoms with Crippen molar-refractivity contribution >= 4 is 29.4 Å². The highest BCUT2D eigenvalue weighted by atomic mass is 16.6. The van der Waals surface area contributed by atoms with Crippen LogP contribution in [0.3, 0.4) is 0 Å². The van der Waals surface area contributed by atoms with E-state index in [1.807, 2.05) is 0 Å². The van der Waals surface area contributed by atoms with Crippen LogP contribution in [0.1, 0.15) is 11.3 Å². The lowest BCUT2D eigenvalue weighted by atomic mass is 10.1. The first-order chi connectivity index (χ1) is 10.1. The van der Waals surface area contributed by atoms with Gasteiger partial charge < -0.3 is 9.73 Å². The molecule has 0 saturated heterocycles. The first kappa shape index (κ1) is 12.7. The summed E-state index contributed by atoms with van der Waals surface area (Å²) in [5, 5.41) is 20.7. The number of carbonyl (C=O) groups is 1. The molecule has 21 heavy (non-hydrogen) atoms. The minimum Gasteiger partial charge on any atom is -0.400 e. The van der Waals surface area contributed by atoms with E-state index >= 15 is 0 Å². The molecule has 1 aromatic carbocycles. The second kappa shape index (κ2) is 5.00. The molecule has 0 unspecified atom stereocenters. The summed E-state index contributed by atoms with van der Waals surface area (Å²) in [5.41, 5.74) is 1.51. The molecule has 1 N–H and O–H groups in total. The summed E-state index contributed by atoms with van der Waals surface area (Å²) >= 11 is 0. The van der Waals surface area contributed by atoms with Crippen LogP contribution in [0.5, 0.6) is 0 Å². The molecule has 0 atom stereocenters. The topological polar surface area (TPSA) is 110 Å². The Hall–Kier alpha value is -3.29. The van der Waals surface area contributed by atoms with Crippen LogP contribution in [0.25, 0.3) is 0 Å². The van der Waals surface area contributed by atoms with Crippen LogP contribution in [0, 0.1) is 10.1 Å². The number of amides is 1. The van der Waals surface area contributed by atoms with Crippen LogP contribution < -0.4 is 5.32 Å². The Morgan fingerprint density at radius 1 is 1.24 bits per heavy atom. The quantitative estimate of drug-likeness (QED) is 0.527. The lowest BCUT2D eigenvalue weighted by Gasteiger charge is -1.93. The third-order valence-corrected chi connectivity index (χ3v) is 2.78. The highest BCUT2D eigenvalue weighted by Gasteiger charge is 2.25. The summed E-state index contributed by atoms with van der Waals surface area (Å²) in [4.78, 5) is 21.6. The molecule has 1 aromatic heterocycles. The molecule has 1 aliphatic rings. The summed E-state index contributed by atoms with van der Waals surface area (Å²) in [6, 6.07) is 9.70. The van der Waals surface area contributed by atoms with Crippen molar-refractivity contribution in [3.63, 3.8) is 0 Å². The van der Waals surface area contributed by atoms with E-state index < -0.39 is 4.92 Å². The van der Waals surface area contributed by atoms with Crippen molar-refractivity contribution in [2.24, 2.45) is 10.2 Å². The highest BCUT2D eigenvalue weighted by molar-refractivity contribution is 6.53. The molecule has 0 radical (unpaired) electrons. The van der Waals surface area contributed by atoms with Crippen LogP contribution >= 0.6 is 0 Å². The van der Waals surface area contributed by atoms with E-state index in [0.29, 0.717) is 11.3 Å². The Balaban J connectivity index is 1.84. The number of nitro groups is 1. The van der Waals surface area contributed by atoms with Gasteiger partial charge in [-0.1, -0.05) is 18.2 Å². The van der Waals surface area contributed by atoms with Gasteiger partial charge in [0.1, 0.15) is 4.92 Å². The molecule has 0 aliphatic carbocycles. The molecule has 3 rings (SSSR count). The standard InChI is InChI=1S/C13H8N4O4/c18-13-12(9-3-1-2-4-10(9)15-13)16-14-7-8-5-6-11(21-8)17(19)20/h1-7H,(H,15,16,18)/b14-7+. The van der Waals surface area contributed by atoms with Gasteiger partial charge in [0.25, 0.3) is 5.91 Å². The summed E-state index contributed by atoms with van der Waals surface area (Å²) < 4.78 is 4.89. The van der Waals surface area contributed by atoms with Crippen LogP contribution in [-0.2, 0) is 4.79 Å². The van der Waals surface area contributed by atoms with E-state index in [1.165, 1.54) is 18.3 Å². The van der Waals surface area contributed by atoms with Crippen molar-refractivity contribution in [3.05, 3.63) is 57.8 Å². The van der Waals surface area contributed by atoms with Crippen LogP contribution in [-0.4, -0.2) is 22.8 Å². The third kappa shape index (κ3) is 2.41. The predicted octanol–water partition coefficient (Wildman–Crippen LogP) is 1.96. The molecule has 8 heteroatoms. The number of furan rings is 1. The van der Waals surface area contributed by atoms with Crippen LogP contribution in [0.4, 0.5) is 11.6 Å². The molecule has 104 valence electrons. The number of nitrogens with one attached hydrogen (secondary N) is 1. The maximum atomic E-state index is 11.7. The first-order valence-corrected chi connectivity index (χ1v) is 5.91. The maximum Gasteiger partial charge on any atom is 0.433 e. The number of benzene rings is 1. The van der Waals surface area contributed by atoms with Crippen molar-refractivity contribution in [1.29, 1.82) is 0 Å². The van der Waals surface area contributed by atoms with Gasteiger partial charge in [-0.3, -0.25) is 14.9 Å². The van der Waals surface area contributed by atoms with Gasteiger partial charge in [0, 0.05) is 5.56 Å². The number of nitrogens with zero attached hydrogens (tertiary/aromatic N) is 3. The number of fused-ring (bicyclic) bond motifs is 1. The van der Waals surface area contributed by atoms with E-state index in [4.69, 9.17) is 4.42 Å². The minimum absolute atomic E-state index is 0.178. The zero-order chi connectivity index (χ0) is 14.8. The normalized spacial score (nSPS) is 15.4. The van der Waals surface area contributed by atoms with Gasteiger partial charge in [0.15, 0.2) is 11.5 Å². The number of anilines is 1. The van der Waals surface area contributed by atoms with Gasteiger partial charge in [0.05, 0.1) is 18.0 Å². The van der Waals surface area contributed by atoms with E-state index in [1.54, 1.807) is 24.3 Å². The smallest absolute Gasteiger partial charge is 0.400 e. The third-order valence-electron chi connectivity index (χ3n) is 2.78. The Bertz CT molecular complexity index is 791. The fourth-order valence-corrected chi connectivity index (χ4v) is 1.85. The van der Waals surface area contributed by atoms with Crippen LogP contribution in [0.2, 0.25) is 0 Å². The molecular weight excluding hydrogens is 276 g/mol. The SMILES string of the molecule is O=C1Nc2ccccc2/C1=N/N=C/c1ccc([N+](=O)[O-])o1. The molecule has 0 fully saturated rings. The fraction of sp³-hybridized carbons (Fsp3) is 0. The zero-order valence-corrected chi connectivity index (χ0v) is 10.5. The monoisotopic (exact) mass is 284 g/mol. The molecule has 0 spiro atoms. The molecule has 8 nitrogen and oxygen atoms in total. The number of carbonyl (C=O) groups excluding carboxylic acids is 1. The number of para-hydroxylation sites is 1. The summed E-state index contributed by atoms with van der Waals surface area (Å²) in [6.45, 7) is 0. The zero-order valence-electron chi connectivity index (χ0n) is 10.5. The number of hydrogen-bond donors (Lipinski definition) is 1. The van der Waals surface area contributed by atoms with Crippen molar-refractivity contribution in [1.82, 2.24) is 0 Å². The van der Waals surface area contributed by atoms with Crippen molar-refractivity contribution < 1.29 is 14.1 Å². The average molecular weight is 284 g/mol. The van der Waals surface area contributed by atoms with Crippen molar-refractivity contribution in [2.45, 2.75) is 0 Å². The predicted molar refractivity (Wildman–Crippen MR) is 74.6 cm³/mol. The number of hydrogen-bond acceptors (Lipinski definition) is 6. The summed E-state index contributed by atoms with van der Waals surface area (Å²) in [6.07, 6.45) is 1.20. The number of rotatable bonds is 3. The van der Waals surface area contributed by atoms with Gasteiger partial charge in [-0.25, -0.2) is 0 Å². The van der Waals surface area contributed by atoms with Gasteiger partial charge in [-0.2, -0.15) is 5.10 Å². The van der Waals surface area contributed by atoms with E-state index in [2.05, 4.69) is 15.5 Å². The highest BCUT2D eigenvalue weighted by Crippen LogP contribution is 2.22. The minimum atomic E-state index is -0.649. The largest absolute Gasteiger partial charge is 0.433 e. The fourth-order valence-electron chi connectivity index (χ4n) is 1.85. The Morgan fingerprint density at radius 2 is 2.05 bits per heavy atom. The van der Waals surface area contributed by atoms with Crippen LogP contribution in [0.15, 0.2) is 51.0 Å². The summed E-state index contributed by atoms with van der Waals surface area (Å²) in [7, 11) is 0. The molecule has 1 amide bonds. The Kier molecular flexibility index (Phi) is 3.03. The molecule has 2 aromatic rings. The van der Waals surface area contributed by atoms with E-state index in [0.717, 1.165) is 0 Å². The van der Waals surface area contributed by atoms with Crippen molar-refractivity contribution in [3.8, 4) is 0 Å². The molecule has 0 bridgehead atoms. The maximum absolute atomic E-state index is 11.7. The second-order valence-corrected chi connectivity index (χ2v) is 4.13. The van der Waals surface area contributed by atoms with Gasteiger partial charge in [0.2, 0.25) is 0 Å². The lowest BCUT2D eigenvalue weighted by molar-refractivity contribution is -0.402. The molecule has 0 saturated carbocycles. The lowest BCUT2D eigenvalue weighted by Crippen LogP contribution is -2.13. The molecule has 2 heterocycles.